The van der Waals surface area contributed by atoms with Crippen LogP contribution >= 0.6 is 0 Å². The Morgan fingerprint density at radius 3 is 2.62 bits per heavy atom. The standard InChI is InChI=1S/C10H13N2.C9H7FN.U/c1-2-6-12-10(3-1)9-4-7-11-8-5-9;1-2-8-4-3-7(6-11)5-9(8)10;/h1-3,9,11H,4-5,7-8H2;3-5H,1-2H2;/q2*-1;+2. The van der Waals surface area contributed by atoms with Crippen LogP contribution in [0.2, 0.25) is 0 Å². The first-order valence-corrected chi connectivity index (χ1v) is 7.76. The number of nitriles is 1. The molecule has 1 fully saturated rings. The molecule has 0 spiro atoms. The molecule has 1 saturated heterocycles. The first-order valence-electron chi connectivity index (χ1n) is 7.76. The van der Waals surface area contributed by atoms with Crippen molar-refractivity contribution in [1.82, 2.24) is 10.3 Å². The summed E-state index contributed by atoms with van der Waals surface area (Å²) in [7, 11) is 0. The molecule has 1 aliphatic heterocycles. The van der Waals surface area contributed by atoms with Crippen LogP contribution in [0.25, 0.3) is 0 Å². The third kappa shape index (κ3) is 6.36. The minimum atomic E-state index is -0.348. The van der Waals surface area contributed by atoms with E-state index >= 15 is 0 Å². The molecule has 0 atom stereocenters. The van der Waals surface area contributed by atoms with Crippen molar-refractivity contribution in [2.24, 2.45) is 0 Å². The first-order chi connectivity index (χ1) is 11.2. The molecule has 1 aromatic carbocycles. The van der Waals surface area contributed by atoms with Crippen LogP contribution in [0.15, 0.2) is 36.4 Å². The summed E-state index contributed by atoms with van der Waals surface area (Å²) in [4.78, 5) is 4.25. The zero-order valence-electron chi connectivity index (χ0n) is 13.6. The number of aromatic nitrogens is 1. The number of rotatable bonds is 2. The predicted molar refractivity (Wildman–Crippen MR) is 88.1 cm³/mol. The topological polar surface area (TPSA) is 48.7 Å². The van der Waals surface area contributed by atoms with Gasteiger partial charge < -0.3 is 17.2 Å². The van der Waals surface area contributed by atoms with E-state index < -0.39 is 0 Å². The third-order valence-electron chi connectivity index (χ3n) is 3.84. The Labute approximate surface area is 167 Å². The minimum absolute atomic E-state index is 0. The van der Waals surface area contributed by atoms with Gasteiger partial charge in [0.15, 0.2) is 0 Å². The van der Waals surface area contributed by atoms with E-state index in [0.717, 1.165) is 13.1 Å². The molecule has 2 heterocycles. The molecular weight excluding hydrogens is 527 g/mol. The smallest absolute Gasteiger partial charge is 0.391 e. The number of nitrogens with zero attached hydrogens (tertiary/aromatic N) is 2. The van der Waals surface area contributed by atoms with Crippen LogP contribution in [-0.2, 0) is 6.42 Å². The summed E-state index contributed by atoms with van der Waals surface area (Å²) in [5.74, 6) is 0.308. The van der Waals surface area contributed by atoms with Gasteiger partial charge in [-0.15, -0.1) is 0 Å². The number of pyridine rings is 1. The predicted octanol–water partition coefficient (Wildman–Crippen LogP) is 3.42. The Morgan fingerprint density at radius 2 is 2.08 bits per heavy atom. The molecule has 0 aliphatic carbocycles. The number of hydrogen-bond acceptors (Lipinski definition) is 3. The quantitative estimate of drug-likeness (QED) is 0.587. The van der Waals surface area contributed by atoms with E-state index in [1.54, 1.807) is 12.1 Å². The Kier molecular flexibility index (Phi) is 9.88. The SMILES string of the molecule is [CH2-]Cc1ccc(C#N)cc1F.[U+2].[c-]1cccc(C2CCNCC2)n1. The fourth-order valence-electron chi connectivity index (χ4n) is 2.50. The number of piperidine rings is 1. The summed E-state index contributed by atoms with van der Waals surface area (Å²) in [6.45, 7) is 5.80. The summed E-state index contributed by atoms with van der Waals surface area (Å²) >= 11 is 0. The molecule has 1 aliphatic rings. The number of halogens is 1. The molecule has 24 heavy (non-hydrogen) atoms. The normalized spacial score (nSPS) is 13.9. The Hall–Kier alpha value is -1.20. The average Bonchev–Trinajstić information content (AvgIpc) is 2.63. The van der Waals surface area contributed by atoms with Crippen molar-refractivity contribution in [3.8, 4) is 6.07 Å². The van der Waals surface area contributed by atoms with Crippen LogP contribution < -0.4 is 5.32 Å². The number of benzene rings is 1. The fraction of sp³-hybridized carbons (Fsp3) is 0.316. The second kappa shape index (κ2) is 11.4. The van der Waals surface area contributed by atoms with E-state index in [0.29, 0.717) is 23.5 Å². The van der Waals surface area contributed by atoms with Gasteiger partial charge >= 0.3 is 31.1 Å². The van der Waals surface area contributed by atoms with E-state index in [2.05, 4.69) is 29.5 Å². The first kappa shape index (κ1) is 20.8. The monoisotopic (exact) mass is 547 g/mol. The summed E-state index contributed by atoms with van der Waals surface area (Å²) in [5, 5.41) is 11.7. The van der Waals surface area contributed by atoms with Gasteiger partial charge in [-0.3, -0.25) is 0 Å². The van der Waals surface area contributed by atoms with Crippen molar-refractivity contribution in [1.29, 1.82) is 5.26 Å². The van der Waals surface area contributed by atoms with Crippen LogP contribution in [0.1, 0.15) is 35.6 Å². The van der Waals surface area contributed by atoms with Gasteiger partial charge in [0, 0.05) is 0 Å². The molecule has 122 valence electrons. The molecule has 0 unspecified atom stereocenters. The van der Waals surface area contributed by atoms with Gasteiger partial charge in [-0.25, -0.2) is 4.39 Å². The number of hydrogen-bond donors (Lipinski definition) is 1. The summed E-state index contributed by atoms with van der Waals surface area (Å²) in [6, 6.07) is 12.2. The molecule has 2 aromatic rings. The van der Waals surface area contributed by atoms with Crippen molar-refractivity contribution in [2.75, 3.05) is 13.1 Å². The van der Waals surface area contributed by atoms with E-state index in [4.69, 9.17) is 5.26 Å². The summed E-state index contributed by atoms with van der Waals surface area (Å²) in [5.41, 5.74) is 2.10. The van der Waals surface area contributed by atoms with E-state index in [1.807, 2.05) is 18.2 Å². The summed E-state index contributed by atoms with van der Waals surface area (Å²) in [6.07, 6.45) is 5.73. The molecule has 1 N–H and O–H groups in total. The minimum Gasteiger partial charge on any atom is -0.391 e. The molecular formula is C19H20FN3U. The fourth-order valence-corrected chi connectivity index (χ4v) is 2.50. The van der Waals surface area contributed by atoms with Crippen molar-refractivity contribution in [2.45, 2.75) is 25.2 Å². The maximum Gasteiger partial charge on any atom is 2.00 e. The molecule has 3 nitrogen and oxygen atoms in total. The number of nitrogens with one attached hydrogen (secondary N) is 1. The van der Waals surface area contributed by atoms with Crippen molar-refractivity contribution < 1.29 is 35.5 Å². The molecule has 0 amide bonds. The van der Waals surface area contributed by atoms with Crippen LogP contribution in [0.5, 0.6) is 0 Å². The van der Waals surface area contributed by atoms with Gasteiger partial charge in [0.25, 0.3) is 0 Å². The van der Waals surface area contributed by atoms with Gasteiger partial charge in [0.05, 0.1) is 11.6 Å². The second-order valence-corrected chi connectivity index (χ2v) is 5.38. The Morgan fingerprint density at radius 1 is 1.33 bits per heavy atom. The second-order valence-electron chi connectivity index (χ2n) is 5.38. The van der Waals surface area contributed by atoms with Gasteiger partial charge in [0.2, 0.25) is 0 Å². The van der Waals surface area contributed by atoms with Crippen molar-refractivity contribution >= 4 is 0 Å². The summed E-state index contributed by atoms with van der Waals surface area (Å²) < 4.78 is 12.8. The van der Waals surface area contributed by atoms with Crippen LogP contribution in [0.3, 0.4) is 0 Å². The molecule has 0 bridgehead atoms. The van der Waals surface area contributed by atoms with E-state index in [1.165, 1.54) is 24.6 Å². The average molecular weight is 547 g/mol. The van der Waals surface area contributed by atoms with Gasteiger partial charge in [-0.2, -0.15) is 29.9 Å². The van der Waals surface area contributed by atoms with E-state index in [9.17, 15) is 4.39 Å². The Bertz CT molecular complexity index is 649. The largest absolute Gasteiger partial charge is 2.00 e. The van der Waals surface area contributed by atoms with Crippen LogP contribution in [-0.4, -0.2) is 18.1 Å². The van der Waals surface area contributed by atoms with Gasteiger partial charge in [-0.1, -0.05) is 18.0 Å². The van der Waals surface area contributed by atoms with Crippen LogP contribution in [0.4, 0.5) is 4.39 Å². The van der Waals surface area contributed by atoms with Crippen LogP contribution in [0, 0.1) is 61.4 Å². The molecule has 3 rings (SSSR count). The van der Waals surface area contributed by atoms with E-state index in [-0.39, 0.29) is 36.9 Å². The third-order valence-corrected chi connectivity index (χ3v) is 3.84. The van der Waals surface area contributed by atoms with Gasteiger partial charge in [0.1, 0.15) is 5.82 Å². The van der Waals surface area contributed by atoms with Gasteiger partial charge in [-0.05, 0) is 49.5 Å². The Balaban J connectivity index is 0.000000232. The van der Waals surface area contributed by atoms with Crippen molar-refractivity contribution in [3.63, 3.8) is 0 Å². The van der Waals surface area contributed by atoms with Crippen molar-refractivity contribution in [3.05, 3.63) is 72.2 Å². The maximum absolute atomic E-state index is 12.8. The maximum atomic E-state index is 12.8. The molecule has 1 aromatic heterocycles. The zero-order chi connectivity index (χ0) is 16.5. The zero-order valence-corrected chi connectivity index (χ0v) is 17.7. The molecule has 5 heteroatoms. The molecule has 0 saturated carbocycles. The molecule has 0 radical (unpaired) electrons.